The number of hydrogen-bond donors (Lipinski definition) is 4. The molecule has 5 fully saturated rings. The van der Waals surface area contributed by atoms with E-state index in [0.717, 1.165) is 82.4 Å². The summed E-state index contributed by atoms with van der Waals surface area (Å²) in [6, 6.07) is 17.8. The Morgan fingerprint density at radius 3 is 2.46 bits per heavy atom. The molecule has 1 atom stereocenters. The summed E-state index contributed by atoms with van der Waals surface area (Å²) < 4.78 is 57.0. The topological polar surface area (TPSA) is 208 Å². The standard InChI is InChI=1S/C53H66FN9O8S/c1-5-70-51-47(26-42-43(54)31-57-48(42)58-51)71-46-24-36(12-13-41(46)50(64)59-72(68,69)38-25-44(63(66)67)49(56-30-38)55-29-34-14-16-52(4,65)17-15-34)60-20-18-53(19-21-60)27-37(28-53)62-23-22-61(35-10-11-35)32-45(62)40-9-7-6-8-39(40)33(2)3/h6-9,12-13,24-26,30-31,33-35,37,45,65H,5,10-11,14-23,27-29,32H2,1-4H3,(H,55,56)(H,57,58)(H,59,64)/t34?,45-,52?/m0/s1. The Kier molecular flexibility index (Phi) is 13.7. The number of H-pyrrole nitrogens is 1. The molecule has 3 aromatic heterocycles. The lowest BCUT2D eigenvalue weighted by atomic mass is 9.59. The zero-order valence-corrected chi connectivity index (χ0v) is 42.3. The summed E-state index contributed by atoms with van der Waals surface area (Å²) in [6.45, 7) is 13.4. The second-order valence-corrected chi connectivity index (χ2v) is 23.1. The Morgan fingerprint density at radius 1 is 1.00 bits per heavy atom. The molecule has 19 heteroatoms. The van der Waals surface area contributed by atoms with Crippen molar-refractivity contribution in [2.75, 3.05) is 56.1 Å². The van der Waals surface area contributed by atoms with Gasteiger partial charge in [-0.3, -0.25) is 24.7 Å². The SMILES string of the molecule is CCOc1nc2[nH]cc(F)c2cc1Oc1cc(N2CCC3(CC2)CC(N2CCN(C4CC4)C[C@H]2c2ccccc2C(C)C)C3)ccc1C(=O)NS(=O)(=O)c1cnc(NCC2CCC(C)(O)CC2)c([N+](=O)[O-])c1. The zero-order valence-electron chi connectivity index (χ0n) is 41.5. The third-order valence-electron chi connectivity index (χ3n) is 16.1. The number of halogens is 1. The number of rotatable bonds is 16. The fraction of sp³-hybridized carbons (Fsp3) is 0.528. The molecule has 384 valence electrons. The largest absolute Gasteiger partial charge is 0.475 e. The number of carbonyl (C=O) groups is 1. The van der Waals surface area contributed by atoms with Crippen molar-refractivity contribution >= 4 is 44.2 Å². The summed E-state index contributed by atoms with van der Waals surface area (Å²) in [5, 5.41) is 25.7. The highest BCUT2D eigenvalue weighted by Crippen LogP contribution is 2.54. The van der Waals surface area contributed by atoms with E-state index >= 15 is 0 Å². The number of sulfonamides is 1. The quantitative estimate of drug-likeness (QED) is 0.0537. The van der Waals surface area contributed by atoms with Crippen LogP contribution in [-0.2, 0) is 10.0 Å². The Morgan fingerprint density at radius 2 is 1.75 bits per heavy atom. The number of hydrogen-bond acceptors (Lipinski definition) is 14. The molecule has 2 aromatic carbocycles. The van der Waals surface area contributed by atoms with Crippen molar-refractivity contribution in [1.29, 1.82) is 0 Å². The van der Waals surface area contributed by atoms with Crippen LogP contribution in [0.5, 0.6) is 17.4 Å². The molecule has 4 N–H and O–H groups in total. The van der Waals surface area contributed by atoms with Crippen LogP contribution in [0.2, 0.25) is 0 Å². The summed E-state index contributed by atoms with van der Waals surface area (Å²) in [7, 11) is -4.73. The first-order valence-electron chi connectivity index (χ1n) is 25.6. The maximum atomic E-state index is 14.9. The van der Waals surface area contributed by atoms with Gasteiger partial charge in [-0.05, 0) is 119 Å². The molecule has 17 nitrogen and oxygen atoms in total. The van der Waals surface area contributed by atoms with Gasteiger partial charge in [0.25, 0.3) is 21.8 Å². The molecule has 5 aromatic rings. The normalized spacial score (nSPS) is 23.0. The third-order valence-corrected chi connectivity index (χ3v) is 17.4. The molecule has 0 radical (unpaired) electrons. The van der Waals surface area contributed by atoms with Gasteiger partial charge in [0.15, 0.2) is 5.75 Å². The van der Waals surface area contributed by atoms with Crippen molar-refractivity contribution in [3.63, 3.8) is 0 Å². The molecule has 5 aliphatic rings. The van der Waals surface area contributed by atoms with Gasteiger partial charge in [-0.1, -0.05) is 38.1 Å². The summed E-state index contributed by atoms with van der Waals surface area (Å²) in [5.74, 6) is -1.17. The number of aromatic nitrogens is 3. The highest BCUT2D eigenvalue weighted by Gasteiger charge is 2.51. The van der Waals surface area contributed by atoms with Crippen LogP contribution >= 0.6 is 0 Å². The van der Waals surface area contributed by atoms with Crippen molar-refractivity contribution < 1.29 is 37.1 Å². The molecular weight excluding hydrogens is 942 g/mol. The molecule has 2 aliphatic heterocycles. The molecule has 2 saturated heterocycles. The first-order chi connectivity index (χ1) is 34.5. The molecule has 0 unspecified atom stereocenters. The average Bonchev–Trinajstić information content (AvgIpc) is 4.15. The van der Waals surface area contributed by atoms with Gasteiger partial charge < -0.3 is 29.8 Å². The number of ether oxygens (including phenoxy) is 2. The number of fused-ring (bicyclic) bond motifs is 1. The Labute approximate surface area is 420 Å². The van der Waals surface area contributed by atoms with Gasteiger partial charge in [-0.25, -0.2) is 22.5 Å². The number of aromatic amines is 1. The average molecular weight is 1010 g/mol. The number of anilines is 2. The molecular formula is C53H66FN9O8S. The number of amides is 1. The first kappa shape index (κ1) is 49.7. The van der Waals surface area contributed by atoms with Crippen molar-refractivity contribution in [3.05, 3.63) is 99.6 Å². The minimum Gasteiger partial charge on any atom is -0.475 e. The lowest BCUT2D eigenvalue weighted by Gasteiger charge is -2.58. The molecule has 1 amide bonds. The van der Waals surface area contributed by atoms with Gasteiger partial charge in [0.1, 0.15) is 22.1 Å². The van der Waals surface area contributed by atoms with Crippen LogP contribution in [0, 0.1) is 27.3 Å². The molecule has 5 heterocycles. The summed E-state index contributed by atoms with van der Waals surface area (Å²) in [5.41, 5.74) is 2.61. The van der Waals surface area contributed by atoms with Gasteiger partial charge >= 0.3 is 5.69 Å². The van der Waals surface area contributed by atoms with Gasteiger partial charge in [0.2, 0.25) is 5.82 Å². The first-order valence-corrected chi connectivity index (χ1v) is 27.1. The van der Waals surface area contributed by atoms with E-state index in [-0.39, 0.29) is 57.7 Å². The Bertz CT molecular complexity index is 2940. The van der Waals surface area contributed by atoms with E-state index in [9.17, 15) is 32.8 Å². The van der Waals surface area contributed by atoms with E-state index in [1.54, 1.807) is 26.0 Å². The minimum atomic E-state index is -4.73. The molecule has 72 heavy (non-hydrogen) atoms. The second kappa shape index (κ2) is 19.8. The van der Waals surface area contributed by atoms with Gasteiger partial charge in [-0.2, -0.15) is 4.98 Å². The van der Waals surface area contributed by atoms with Crippen molar-refractivity contribution in [2.24, 2.45) is 11.3 Å². The minimum absolute atomic E-state index is 0.00354. The molecule has 1 spiro atoms. The number of nitrogens with zero attached hydrogens (tertiary/aromatic N) is 6. The van der Waals surface area contributed by atoms with Gasteiger partial charge in [-0.15, -0.1) is 0 Å². The zero-order chi connectivity index (χ0) is 50.5. The Balaban J connectivity index is 0.871. The number of aliphatic hydroxyl groups is 1. The molecule has 0 bridgehead atoms. The summed E-state index contributed by atoms with van der Waals surface area (Å²) in [4.78, 5) is 44.2. The number of nitro groups is 1. The lowest BCUT2D eigenvalue weighted by Crippen LogP contribution is -2.60. The lowest BCUT2D eigenvalue weighted by molar-refractivity contribution is -0.384. The summed E-state index contributed by atoms with van der Waals surface area (Å²) >= 11 is 0. The fourth-order valence-electron chi connectivity index (χ4n) is 11.7. The van der Waals surface area contributed by atoms with Crippen molar-refractivity contribution in [3.8, 4) is 17.4 Å². The molecule has 10 rings (SSSR count). The Hall–Kier alpha value is -5.89. The highest BCUT2D eigenvalue weighted by atomic mass is 32.2. The number of carbonyl (C=O) groups excluding carboxylic acids is 1. The molecule has 3 saturated carbocycles. The smallest absolute Gasteiger partial charge is 0.312 e. The van der Waals surface area contributed by atoms with E-state index < -0.39 is 42.9 Å². The number of benzene rings is 2. The second-order valence-electron chi connectivity index (χ2n) is 21.4. The van der Waals surface area contributed by atoms with Crippen LogP contribution in [0.4, 0.5) is 21.6 Å². The van der Waals surface area contributed by atoms with Crippen LogP contribution in [0.3, 0.4) is 0 Å². The van der Waals surface area contributed by atoms with E-state index in [2.05, 4.69) is 77.8 Å². The molecule has 3 aliphatic carbocycles. The van der Waals surface area contributed by atoms with E-state index in [1.165, 1.54) is 42.3 Å². The maximum absolute atomic E-state index is 14.9. The predicted molar refractivity (Wildman–Crippen MR) is 272 cm³/mol. The number of piperidine rings is 1. The predicted octanol–water partition coefficient (Wildman–Crippen LogP) is 9.06. The number of pyridine rings is 2. The monoisotopic (exact) mass is 1010 g/mol. The van der Waals surface area contributed by atoms with Crippen LogP contribution in [-0.4, -0.2) is 113 Å². The highest BCUT2D eigenvalue weighted by molar-refractivity contribution is 7.90. The van der Waals surface area contributed by atoms with Crippen LogP contribution in [0.25, 0.3) is 11.0 Å². The third kappa shape index (κ3) is 10.3. The maximum Gasteiger partial charge on any atom is 0.312 e. The van der Waals surface area contributed by atoms with Crippen LogP contribution in [0.1, 0.15) is 125 Å². The van der Waals surface area contributed by atoms with Crippen molar-refractivity contribution in [2.45, 2.75) is 126 Å². The number of piperazine rings is 1. The van der Waals surface area contributed by atoms with Crippen LogP contribution < -0.4 is 24.4 Å². The van der Waals surface area contributed by atoms with E-state index in [4.69, 9.17) is 9.47 Å². The summed E-state index contributed by atoms with van der Waals surface area (Å²) in [6.07, 6.45) is 11.6. The fourth-order valence-corrected chi connectivity index (χ4v) is 12.6. The van der Waals surface area contributed by atoms with Gasteiger partial charge in [0.05, 0.1) is 34.3 Å². The van der Waals surface area contributed by atoms with Crippen molar-refractivity contribution in [1.82, 2.24) is 29.5 Å². The van der Waals surface area contributed by atoms with E-state index in [0.29, 0.717) is 50.2 Å². The van der Waals surface area contributed by atoms with Gasteiger partial charge in [0, 0.05) is 87.5 Å². The number of nitrogens with one attached hydrogen (secondary N) is 3. The van der Waals surface area contributed by atoms with E-state index in [1.807, 2.05) is 0 Å². The van der Waals surface area contributed by atoms with Crippen LogP contribution in [0.15, 0.2) is 71.9 Å².